The van der Waals surface area contributed by atoms with Crippen molar-refractivity contribution in [3.8, 4) is 11.1 Å². The van der Waals surface area contributed by atoms with Gasteiger partial charge >= 0.3 is 0 Å². The summed E-state index contributed by atoms with van der Waals surface area (Å²) in [6.07, 6.45) is 1.65. The zero-order valence-corrected chi connectivity index (χ0v) is 11.3. The number of anilines is 1. The van der Waals surface area contributed by atoms with Crippen LogP contribution in [0.4, 0.5) is 10.2 Å². The van der Waals surface area contributed by atoms with Gasteiger partial charge in [-0.15, -0.1) is 4.79 Å². The summed E-state index contributed by atoms with van der Waals surface area (Å²) in [5.41, 5.74) is 9.84. The number of aromatic nitrogens is 2. The molecule has 0 unspecified atom stereocenters. The normalized spacial score (nSPS) is 10.7. The molecular weight excluding hydrogens is 251 g/mol. The van der Waals surface area contributed by atoms with Crippen LogP contribution in [0.1, 0.15) is 11.4 Å². The molecule has 2 N–H and O–H groups in total. The Labute approximate surface area is 110 Å². The lowest BCUT2D eigenvalue weighted by molar-refractivity contribution is 0.391. The number of hydrogen-bond acceptors (Lipinski definition) is 4. The Bertz CT molecular complexity index is 550. The van der Waals surface area contributed by atoms with Crippen molar-refractivity contribution >= 4 is 17.6 Å². The molecule has 96 valence electrons. The minimum Gasteiger partial charge on any atom is -0.399 e. The third-order valence-corrected chi connectivity index (χ3v) is 3.22. The van der Waals surface area contributed by atoms with Crippen molar-refractivity contribution in [3.63, 3.8) is 0 Å². The van der Waals surface area contributed by atoms with Crippen LogP contribution in [0.2, 0.25) is 0 Å². The van der Waals surface area contributed by atoms with Gasteiger partial charge in [-0.2, -0.15) is 5.10 Å². The van der Waals surface area contributed by atoms with Crippen LogP contribution in [0, 0.1) is 13.8 Å². The first-order valence-corrected chi connectivity index (χ1v) is 6.65. The van der Waals surface area contributed by atoms with E-state index in [-0.39, 0.29) is 0 Å². The molecule has 0 spiro atoms. The second-order valence-corrected chi connectivity index (χ2v) is 4.63. The van der Waals surface area contributed by atoms with Gasteiger partial charge in [0.1, 0.15) is 0 Å². The third-order valence-electron chi connectivity index (χ3n) is 2.77. The summed E-state index contributed by atoms with van der Waals surface area (Å²) in [4.78, 5) is 1.26. The number of benzene rings is 1. The van der Waals surface area contributed by atoms with Gasteiger partial charge in [0.2, 0.25) is 0 Å². The topological polar surface area (TPSA) is 47.1 Å². The quantitative estimate of drug-likeness (QED) is 0.527. The molecule has 6 heteroatoms. The number of halogens is 1. The minimum absolute atomic E-state index is 0.503. The highest BCUT2D eigenvalue weighted by atomic mass is 32.2. The molecule has 0 bridgehead atoms. The fourth-order valence-electron chi connectivity index (χ4n) is 1.93. The molecule has 0 radical (unpaired) electrons. The Balaban J connectivity index is 2.51. The molecule has 2 aromatic rings. The lowest BCUT2D eigenvalue weighted by Crippen LogP contribution is -2.20. The average molecular weight is 266 g/mol. The van der Waals surface area contributed by atoms with Crippen LogP contribution in [0.5, 0.6) is 0 Å². The van der Waals surface area contributed by atoms with Crippen LogP contribution in [0.15, 0.2) is 24.3 Å². The van der Waals surface area contributed by atoms with E-state index in [1.165, 1.54) is 4.79 Å². The fourth-order valence-corrected chi connectivity index (χ4v) is 2.24. The van der Waals surface area contributed by atoms with Crippen LogP contribution in [0.3, 0.4) is 0 Å². The summed E-state index contributed by atoms with van der Waals surface area (Å²) in [5.74, 6) is 0. The highest BCUT2D eigenvalue weighted by molar-refractivity contribution is 7.99. The van der Waals surface area contributed by atoms with E-state index in [9.17, 15) is 4.48 Å². The Hall–Kier alpha value is -1.69. The minimum atomic E-state index is 0.503. The van der Waals surface area contributed by atoms with Crippen molar-refractivity contribution in [2.24, 2.45) is 0 Å². The van der Waals surface area contributed by atoms with Crippen LogP contribution in [-0.4, -0.2) is 16.1 Å². The first-order valence-electron chi connectivity index (χ1n) is 5.47. The van der Waals surface area contributed by atoms with Crippen LogP contribution in [-0.2, 0) is 0 Å². The highest BCUT2D eigenvalue weighted by Gasteiger charge is 2.16. The maximum Gasteiger partial charge on any atom is 0.0709 e. The largest absolute Gasteiger partial charge is 0.399 e. The van der Waals surface area contributed by atoms with E-state index >= 15 is 0 Å². The molecule has 0 atom stereocenters. The lowest BCUT2D eigenvalue weighted by atomic mass is 10.0. The third kappa shape index (κ3) is 2.15. The monoisotopic (exact) mass is 266 g/mol. The summed E-state index contributed by atoms with van der Waals surface area (Å²) in [6.45, 7) is 3.71. The van der Waals surface area contributed by atoms with Gasteiger partial charge < -0.3 is 5.73 Å². The number of nitrogen functional groups attached to an aromatic ring is 1. The molecule has 0 aliphatic rings. The van der Waals surface area contributed by atoms with E-state index in [0.717, 1.165) is 34.5 Å². The van der Waals surface area contributed by atoms with Gasteiger partial charge in [-0.1, -0.05) is 21.3 Å². The van der Waals surface area contributed by atoms with Gasteiger partial charge in [0.15, 0.2) is 0 Å². The van der Waals surface area contributed by atoms with E-state index in [1.54, 1.807) is 6.26 Å². The molecule has 0 aliphatic heterocycles. The number of nitrogens with zero attached hydrogens (tertiary/aromatic N) is 3. The van der Waals surface area contributed by atoms with Crippen molar-refractivity contribution < 1.29 is 4.48 Å². The highest BCUT2D eigenvalue weighted by Crippen LogP contribution is 2.28. The summed E-state index contributed by atoms with van der Waals surface area (Å²) < 4.78 is 14.1. The fraction of sp³-hybridized carbons (Fsp3) is 0.250. The molecule has 1 heterocycles. The number of aryl methyl sites for hydroxylation is 1. The first kappa shape index (κ1) is 12.8. The molecule has 1 aromatic carbocycles. The second kappa shape index (κ2) is 4.89. The van der Waals surface area contributed by atoms with E-state index in [2.05, 4.69) is 5.10 Å². The maximum absolute atomic E-state index is 13.6. The SMILES string of the molecule is CSN(F)n1nc(C)c(-c2ccc(N)cc2)c1C. The standard InChI is InChI=1S/C12H15FN4S/c1-8-12(10-4-6-11(14)7-5-10)9(2)16(15-8)17(13)18-3/h4-7H,14H2,1-3H3. The van der Waals surface area contributed by atoms with Gasteiger partial charge in [0, 0.05) is 29.5 Å². The smallest absolute Gasteiger partial charge is 0.0709 e. The van der Waals surface area contributed by atoms with Gasteiger partial charge in [-0.3, -0.25) is 0 Å². The summed E-state index contributed by atoms with van der Waals surface area (Å²) in [7, 11) is 0. The van der Waals surface area contributed by atoms with E-state index in [0.29, 0.717) is 10.3 Å². The summed E-state index contributed by atoms with van der Waals surface area (Å²) >= 11 is 0.959. The van der Waals surface area contributed by atoms with E-state index in [1.807, 2.05) is 38.1 Å². The van der Waals surface area contributed by atoms with Crippen molar-refractivity contribution in [2.75, 3.05) is 16.6 Å². The predicted octanol–water partition coefficient (Wildman–Crippen LogP) is 2.85. The molecule has 4 nitrogen and oxygen atoms in total. The lowest BCUT2D eigenvalue weighted by Gasteiger charge is -2.11. The molecule has 2 rings (SSSR count). The molecule has 0 aliphatic carbocycles. The molecule has 1 aromatic heterocycles. The Morgan fingerprint density at radius 3 is 2.44 bits per heavy atom. The summed E-state index contributed by atoms with van der Waals surface area (Å²) in [6, 6.07) is 7.48. The molecule has 0 amide bonds. The van der Waals surface area contributed by atoms with Gasteiger partial charge in [0.25, 0.3) is 0 Å². The molecule has 18 heavy (non-hydrogen) atoms. The van der Waals surface area contributed by atoms with Gasteiger partial charge in [0.05, 0.1) is 11.4 Å². The van der Waals surface area contributed by atoms with Crippen molar-refractivity contribution in [1.82, 2.24) is 9.89 Å². The maximum atomic E-state index is 13.6. The van der Waals surface area contributed by atoms with Crippen molar-refractivity contribution in [2.45, 2.75) is 13.8 Å². The number of hydrogen-bond donors (Lipinski definition) is 1. The average Bonchev–Trinajstić information content (AvgIpc) is 2.65. The Morgan fingerprint density at radius 2 is 1.89 bits per heavy atom. The Kier molecular flexibility index (Phi) is 3.47. The van der Waals surface area contributed by atoms with Gasteiger partial charge in [-0.25, -0.2) is 0 Å². The van der Waals surface area contributed by atoms with E-state index in [4.69, 9.17) is 5.73 Å². The first-order chi connectivity index (χ1) is 8.54. The van der Waals surface area contributed by atoms with E-state index < -0.39 is 0 Å². The molecule has 0 fully saturated rings. The van der Waals surface area contributed by atoms with Crippen LogP contribution >= 0.6 is 11.9 Å². The number of nitrogens with two attached hydrogens (primary N) is 1. The Morgan fingerprint density at radius 1 is 1.28 bits per heavy atom. The molecular formula is C12H15FN4S. The predicted molar refractivity (Wildman–Crippen MR) is 74.4 cm³/mol. The molecule has 0 saturated carbocycles. The summed E-state index contributed by atoms with van der Waals surface area (Å²) in [5, 5.41) is 4.20. The second-order valence-electron chi connectivity index (χ2n) is 3.97. The van der Waals surface area contributed by atoms with Crippen molar-refractivity contribution in [3.05, 3.63) is 35.7 Å². The van der Waals surface area contributed by atoms with Crippen LogP contribution < -0.4 is 10.4 Å². The van der Waals surface area contributed by atoms with Crippen molar-refractivity contribution in [1.29, 1.82) is 0 Å². The zero-order chi connectivity index (χ0) is 13.3. The zero-order valence-electron chi connectivity index (χ0n) is 10.5. The number of rotatable bonds is 3. The van der Waals surface area contributed by atoms with Gasteiger partial charge in [-0.05, 0) is 31.5 Å². The molecule has 0 saturated heterocycles. The van der Waals surface area contributed by atoms with Crippen LogP contribution in [0.25, 0.3) is 11.1 Å².